The van der Waals surface area contributed by atoms with Crippen LogP contribution in [-0.2, 0) is 4.79 Å². The molecular formula is C11H9N3O4S. The zero-order valence-corrected chi connectivity index (χ0v) is 10.6. The molecule has 0 atom stereocenters. The summed E-state index contributed by atoms with van der Waals surface area (Å²) < 4.78 is 4.89. The van der Waals surface area contributed by atoms with E-state index in [-0.39, 0.29) is 16.6 Å². The van der Waals surface area contributed by atoms with Crippen molar-refractivity contribution in [3.05, 3.63) is 38.8 Å². The summed E-state index contributed by atoms with van der Waals surface area (Å²) >= 11 is 1.03. The summed E-state index contributed by atoms with van der Waals surface area (Å²) in [5.41, 5.74) is 5.76. The van der Waals surface area contributed by atoms with Gasteiger partial charge in [-0.3, -0.25) is 14.9 Å². The monoisotopic (exact) mass is 279 g/mol. The number of amidine groups is 1. The molecule has 2 N–H and O–H groups in total. The van der Waals surface area contributed by atoms with Crippen LogP contribution >= 0.6 is 11.8 Å². The molecule has 1 aromatic carbocycles. The van der Waals surface area contributed by atoms with Crippen LogP contribution in [0.5, 0.6) is 5.75 Å². The first-order valence-electron chi connectivity index (χ1n) is 5.11. The lowest BCUT2D eigenvalue weighted by Crippen LogP contribution is -2.01. The Morgan fingerprint density at radius 2 is 2.26 bits per heavy atom. The number of nitrogens with two attached hydrogens (primary N) is 1. The number of aliphatic imine (C=N–C) groups is 1. The first-order valence-corrected chi connectivity index (χ1v) is 5.93. The molecule has 2 rings (SSSR count). The van der Waals surface area contributed by atoms with Crippen molar-refractivity contribution in [3.63, 3.8) is 0 Å². The SMILES string of the molecule is COc1ccc(/C=C2\SC(N)=NC2=O)cc1[N+](=O)[O-]. The van der Waals surface area contributed by atoms with Crippen LogP contribution in [-0.4, -0.2) is 23.1 Å². The smallest absolute Gasteiger partial charge is 0.311 e. The molecule has 19 heavy (non-hydrogen) atoms. The van der Waals surface area contributed by atoms with E-state index in [2.05, 4.69) is 4.99 Å². The van der Waals surface area contributed by atoms with E-state index in [9.17, 15) is 14.9 Å². The normalized spacial score (nSPS) is 16.6. The predicted octanol–water partition coefficient (Wildman–Crippen LogP) is 1.53. The largest absolute Gasteiger partial charge is 0.490 e. The lowest BCUT2D eigenvalue weighted by Gasteiger charge is -2.02. The fourth-order valence-electron chi connectivity index (χ4n) is 1.52. The van der Waals surface area contributed by atoms with Gasteiger partial charge in [-0.1, -0.05) is 6.07 Å². The second-order valence-electron chi connectivity index (χ2n) is 3.55. The summed E-state index contributed by atoms with van der Waals surface area (Å²) in [6, 6.07) is 4.41. The first-order chi connectivity index (χ1) is 9.01. The van der Waals surface area contributed by atoms with Gasteiger partial charge in [-0.15, -0.1) is 0 Å². The zero-order chi connectivity index (χ0) is 14.0. The molecule has 1 aliphatic heterocycles. The third-order valence-corrected chi connectivity index (χ3v) is 3.15. The van der Waals surface area contributed by atoms with Crippen molar-refractivity contribution in [2.24, 2.45) is 10.7 Å². The molecule has 1 aliphatic rings. The number of ether oxygens (including phenoxy) is 1. The van der Waals surface area contributed by atoms with Crippen LogP contribution in [0.4, 0.5) is 5.69 Å². The number of carbonyl (C=O) groups is 1. The molecule has 0 spiro atoms. The van der Waals surface area contributed by atoms with Crippen molar-refractivity contribution in [3.8, 4) is 5.75 Å². The van der Waals surface area contributed by atoms with E-state index in [1.165, 1.54) is 25.3 Å². The molecule has 8 heteroatoms. The summed E-state index contributed by atoms with van der Waals surface area (Å²) in [6.07, 6.45) is 1.50. The van der Waals surface area contributed by atoms with Gasteiger partial charge in [-0.25, -0.2) is 0 Å². The van der Waals surface area contributed by atoms with Gasteiger partial charge in [-0.2, -0.15) is 4.99 Å². The third-order valence-electron chi connectivity index (χ3n) is 2.33. The summed E-state index contributed by atoms with van der Waals surface area (Å²) in [4.78, 5) is 25.6. The average Bonchev–Trinajstić information content (AvgIpc) is 2.67. The first kappa shape index (κ1) is 13.1. The molecule has 1 amide bonds. The quantitative estimate of drug-likeness (QED) is 0.510. The molecular weight excluding hydrogens is 270 g/mol. The number of carbonyl (C=O) groups excluding carboxylic acids is 1. The number of thioether (sulfide) groups is 1. The van der Waals surface area contributed by atoms with Gasteiger partial charge in [0.2, 0.25) is 0 Å². The van der Waals surface area contributed by atoms with Crippen LogP contribution < -0.4 is 10.5 Å². The summed E-state index contributed by atoms with van der Waals surface area (Å²) in [5, 5.41) is 11.0. The number of nitrogens with zero attached hydrogens (tertiary/aromatic N) is 2. The predicted molar refractivity (Wildman–Crippen MR) is 71.8 cm³/mol. The van der Waals surface area contributed by atoms with Crippen molar-refractivity contribution in [1.82, 2.24) is 0 Å². The van der Waals surface area contributed by atoms with Crippen molar-refractivity contribution in [2.75, 3.05) is 7.11 Å². The molecule has 7 nitrogen and oxygen atoms in total. The van der Waals surface area contributed by atoms with Gasteiger partial charge in [0.05, 0.1) is 16.9 Å². The maximum Gasteiger partial charge on any atom is 0.311 e. The lowest BCUT2D eigenvalue weighted by molar-refractivity contribution is -0.385. The number of hydrogen-bond acceptors (Lipinski definition) is 6. The molecule has 98 valence electrons. The fourth-order valence-corrected chi connectivity index (χ4v) is 2.20. The number of nitro groups is 1. The van der Waals surface area contributed by atoms with Gasteiger partial charge in [0, 0.05) is 6.07 Å². The number of benzene rings is 1. The van der Waals surface area contributed by atoms with Gasteiger partial charge < -0.3 is 10.5 Å². The van der Waals surface area contributed by atoms with Gasteiger partial charge in [0.25, 0.3) is 5.91 Å². The topological polar surface area (TPSA) is 108 Å². The van der Waals surface area contributed by atoms with E-state index in [4.69, 9.17) is 10.5 Å². The lowest BCUT2D eigenvalue weighted by atomic mass is 10.1. The van der Waals surface area contributed by atoms with Crippen molar-refractivity contribution >= 4 is 34.6 Å². The Morgan fingerprint density at radius 3 is 2.79 bits per heavy atom. The Balaban J connectivity index is 2.38. The van der Waals surface area contributed by atoms with Gasteiger partial charge in [0.15, 0.2) is 10.9 Å². The molecule has 0 radical (unpaired) electrons. The van der Waals surface area contributed by atoms with E-state index < -0.39 is 10.8 Å². The number of methoxy groups -OCH3 is 1. The highest BCUT2D eigenvalue weighted by atomic mass is 32.2. The number of nitro benzene ring substituents is 1. The molecule has 0 aromatic heterocycles. The highest BCUT2D eigenvalue weighted by molar-refractivity contribution is 8.18. The van der Waals surface area contributed by atoms with Gasteiger partial charge >= 0.3 is 5.69 Å². The number of hydrogen-bond donors (Lipinski definition) is 1. The molecule has 0 saturated carbocycles. The van der Waals surface area contributed by atoms with E-state index in [1.807, 2.05) is 0 Å². The Morgan fingerprint density at radius 1 is 1.53 bits per heavy atom. The van der Waals surface area contributed by atoms with E-state index in [1.54, 1.807) is 6.07 Å². The second kappa shape index (κ2) is 5.11. The molecule has 0 aliphatic carbocycles. The molecule has 0 unspecified atom stereocenters. The van der Waals surface area contributed by atoms with Crippen LogP contribution in [0.15, 0.2) is 28.1 Å². The van der Waals surface area contributed by atoms with E-state index >= 15 is 0 Å². The van der Waals surface area contributed by atoms with Crippen LogP contribution in [0.25, 0.3) is 6.08 Å². The Labute approximate surface area is 112 Å². The van der Waals surface area contributed by atoms with Crippen LogP contribution in [0, 0.1) is 10.1 Å². The van der Waals surface area contributed by atoms with Crippen LogP contribution in [0.2, 0.25) is 0 Å². The highest BCUT2D eigenvalue weighted by Gasteiger charge is 2.20. The molecule has 0 fully saturated rings. The molecule has 1 aromatic rings. The van der Waals surface area contributed by atoms with E-state index in [0.29, 0.717) is 10.5 Å². The summed E-state index contributed by atoms with van der Waals surface area (Å²) in [5.74, 6) is -0.283. The minimum atomic E-state index is -0.546. The van der Waals surface area contributed by atoms with Gasteiger partial charge in [-0.05, 0) is 29.5 Å². The average molecular weight is 279 g/mol. The number of rotatable bonds is 3. The van der Waals surface area contributed by atoms with E-state index in [0.717, 1.165) is 11.8 Å². The van der Waals surface area contributed by atoms with Crippen LogP contribution in [0.3, 0.4) is 0 Å². The Hall–Kier alpha value is -2.35. The maximum absolute atomic E-state index is 11.4. The van der Waals surface area contributed by atoms with Crippen molar-refractivity contribution in [1.29, 1.82) is 0 Å². The Kier molecular flexibility index (Phi) is 3.52. The maximum atomic E-state index is 11.4. The second-order valence-corrected chi connectivity index (χ2v) is 4.62. The number of amides is 1. The summed E-state index contributed by atoms with van der Waals surface area (Å²) in [6.45, 7) is 0. The molecule has 0 bridgehead atoms. The molecule has 1 heterocycles. The highest BCUT2D eigenvalue weighted by Crippen LogP contribution is 2.31. The van der Waals surface area contributed by atoms with Crippen LogP contribution in [0.1, 0.15) is 5.56 Å². The molecule has 0 saturated heterocycles. The van der Waals surface area contributed by atoms with Crippen molar-refractivity contribution < 1.29 is 14.5 Å². The minimum Gasteiger partial charge on any atom is -0.490 e. The Bertz CT molecular complexity index is 624. The van der Waals surface area contributed by atoms with Crippen molar-refractivity contribution in [2.45, 2.75) is 0 Å². The fraction of sp³-hybridized carbons (Fsp3) is 0.0909. The van der Waals surface area contributed by atoms with Gasteiger partial charge in [0.1, 0.15) is 0 Å². The zero-order valence-electron chi connectivity index (χ0n) is 9.82. The standard InChI is InChI=1S/C11H9N3O4S/c1-18-8-3-2-6(4-7(8)14(16)17)5-9-10(15)13-11(12)19-9/h2-5H,1H3,(H2,12,13,15)/b9-5-. The summed E-state index contributed by atoms with van der Waals surface area (Å²) in [7, 11) is 1.35. The minimum absolute atomic E-state index is 0.160. The third kappa shape index (κ3) is 2.74.